The van der Waals surface area contributed by atoms with Crippen molar-refractivity contribution in [2.24, 2.45) is 0 Å². The number of rotatable bonds is 1. The normalized spacial score (nSPS) is 22.0. The fourth-order valence-corrected chi connectivity index (χ4v) is 3.06. The van der Waals surface area contributed by atoms with Gasteiger partial charge >= 0.3 is 19.2 Å². The lowest BCUT2D eigenvalue weighted by Crippen LogP contribution is -2.44. The topological polar surface area (TPSA) is 38.8 Å². The summed E-state index contributed by atoms with van der Waals surface area (Å²) in [6.07, 6.45) is -4.44. The van der Waals surface area contributed by atoms with Crippen LogP contribution in [0.5, 0.6) is 0 Å². The van der Waals surface area contributed by atoms with Crippen LogP contribution >= 0.6 is 0 Å². The van der Waals surface area contributed by atoms with Gasteiger partial charge in [-0.2, -0.15) is 13.2 Å². The highest BCUT2D eigenvalue weighted by Crippen LogP contribution is 2.36. The fraction of sp³-hybridized carbons (Fsp3) is 0.588. The second kappa shape index (κ2) is 5.74. The number of carbonyl (C=O) groups excluding carboxylic acids is 1. The predicted molar refractivity (Wildman–Crippen MR) is 87.3 cm³/mol. The van der Waals surface area contributed by atoms with Crippen molar-refractivity contribution in [1.82, 2.24) is 4.90 Å². The van der Waals surface area contributed by atoms with Crippen molar-refractivity contribution in [3.63, 3.8) is 0 Å². The third-order valence-electron chi connectivity index (χ3n) is 5.30. The molecule has 8 heteroatoms. The van der Waals surface area contributed by atoms with Gasteiger partial charge in [0.15, 0.2) is 0 Å². The van der Waals surface area contributed by atoms with E-state index < -0.39 is 30.4 Å². The Morgan fingerprint density at radius 2 is 1.72 bits per heavy atom. The second-order valence-electron chi connectivity index (χ2n) is 7.59. The third kappa shape index (κ3) is 3.29. The first-order valence-corrected chi connectivity index (χ1v) is 8.24. The maximum Gasteiger partial charge on any atom is 0.494 e. The van der Waals surface area contributed by atoms with Gasteiger partial charge in [0.05, 0.1) is 11.2 Å². The summed E-state index contributed by atoms with van der Waals surface area (Å²) in [5, 5.41) is 0. The lowest BCUT2D eigenvalue weighted by molar-refractivity contribution is -0.186. The van der Waals surface area contributed by atoms with Crippen molar-refractivity contribution < 1.29 is 27.3 Å². The summed E-state index contributed by atoms with van der Waals surface area (Å²) in [5.41, 5.74) is 1.42. The number of hydrogen-bond acceptors (Lipinski definition) is 3. The number of benzene rings is 1. The molecule has 0 N–H and O–H groups in total. The third-order valence-corrected chi connectivity index (χ3v) is 5.30. The van der Waals surface area contributed by atoms with E-state index in [2.05, 4.69) is 0 Å². The molecule has 0 saturated carbocycles. The zero-order valence-electron chi connectivity index (χ0n) is 14.7. The van der Waals surface area contributed by atoms with Gasteiger partial charge in [-0.15, -0.1) is 0 Å². The molecule has 136 valence electrons. The van der Waals surface area contributed by atoms with Crippen LogP contribution in [0.3, 0.4) is 0 Å². The Morgan fingerprint density at radius 1 is 1.12 bits per heavy atom. The van der Waals surface area contributed by atoms with Gasteiger partial charge in [-0.3, -0.25) is 4.79 Å². The lowest BCUT2D eigenvalue weighted by atomic mass is 9.77. The molecule has 0 bridgehead atoms. The van der Waals surface area contributed by atoms with Gasteiger partial charge in [-0.25, -0.2) is 0 Å². The van der Waals surface area contributed by atoms with Crippen LogP contribution < -0.4 is 5.46 Å². The van der Waals surface area contributed by atoms with E-state index in [9.17, 15) is 18.0 Å². The predicted octanol–water partition coefficient (Wildman–Crippen LogP) is 2.43. The summed E-state index contributed by atoms with van der Waals surface area (Å²) in [6.45, 7) is 7.77. The fourth-order valence-electron chi connectivity index (χ4n) is 3.06. The van der Waals surface area contributed by atoms with Gasteiger partial charge in [0, 0.05) is 13.1 Å². The van der Waals surface area contributed by atoms with Crippen LogP contribution in [-0.4, -0.2) is 41.8 Å². The quantitative estimate of drug-likeness (QED) is 0.727. The maximum atomic E-state index is 12.7. The van der Waals surface area contributed by atoms with Crippen molar-refractivity contribution in [1.29, 1.82) is 0 Å². The second-order valence-corrected chi connectivity index (χ2v) is 7.59. The number of halogens is 3. The molecule has 0 spiro atoms. The van der Waals surface area contributed by atoms with Gasteiger partial charge in [0.1, 0.15) is 0 Å². The molecule has 2 aliphatic rings. The first kappa shape index (κ1) is 18.3. The van der Waals surface area contributed by atoms with Gasteiger partial charge < -0.3 is 14.2 Å². The Balaban J connectivity index is 1.83. The molecule has 2 aliphatic heterocycles. The largest absolute Gasteiger partial charge is 0.494 e. The lowest BCUT2D eigenvalue weighted by Gasteiger charge is -2.32. The highest BCUT2D eigenvalue weighted by molar-refractivity contribution is 6.62. The van der Waals surface area contributed by atoms with E-state index in [1.54, 1.807) is 6.07 Å². The molecule has 25 heavy (non-hydrogen) atoms. The first-order valence-electron chi connectivity index (χ1n) is 8.24. The summed E-state index contributed by atoms with van der Waals surface area (Å²) in [5.74, 6) is -1.79. The van der Waals surface area contributed by atoms with Gasteiger partial charge in [-0.05, 0) is 50.7 Å². The number of fused-ring (bicyclic) bond motifs is 1. The molecule has 2 heterocycles. The minimum absolute atomic E-state index is 0.0545. The number of nitrogens with zero attached hydrogens (tertiary/aromatic N) is 1. The van der Waals surface area contributed by atoms with Crippen LogP contribution in [0.25, 0.3) is 0 Å². The molecule has 0 unspecified atom stereocenters. The van der Waals surface area contributed by atoms with Crippen LogP contribution in [0.2, 0.25) is 0 Å². The van der Waals surface area contributed by atoms with E-state index in [0.29, 0.717) is 12.0 Å². The first-order chi connectivity index (χ1) is 11.4. The number of hydrogen-bond donors (Lipinski definition) is 0. The molecule has 4 nitrogen and oxygen atoms in total. The molecular formula is C17H21BF3NO3. The summed E-state index contributed by atoms with van der Waals surface area (Å²) in [6, 6.07) is 5.54. The summed E-state index contributed by atoms with van der Waals surface area (Å²) in [7, 11) is -0.580. The van der Waals surface area contributed by atoms with Gasteiger partial charge in [0.25, 0.3) is 0 Å². The van der Waals surface area contributed by atoms with E-state index in [0.717, 1.165) is 15.9 Å². The van der Waals surface area contributed by atoms with Crippen molar-refractivity contribution in [2.45, 2.75) is 58.0 Å². The molecule has 0 aliphatic carbocycles. The number of amides is 1. The van der Waals surface area contributed by atoms with E-state index >= 15 is 0 Å². The maximum absolute atomic E-state index is 12.7. The highest BCUT2D eigenvalue weighted by Gasteiger charge is 2.52. The van der Waals surface area contributed by atoms with Crippen LogP contribution in [0.15, 0.2) is 18.2 Å². The van der Waals surface area contributed by atoms with Crippen molar-refractivity contribution in [3.05, 3.63) is 29.3 Å². The molecule has 0 radical (unpaired) electrons. The Bertz CT molecular complexity index is 687. The Kier molecular flexibility index (Phi) is 4.19. The van der Waals surface area contributed by atoms with Crippen LogP contribution in [0.4, 0.5) is 13.2 Å². The van der Waals surface area contributed by atoms with Crippen LogP contribution in [0.1, 0.15) is 38.8 Å². The van der Waals surface area contributed by atoms with Crippen molar-refractivity contribution in [3.8, 4) is 0 Å². The average Bonchev–Trinajstić information content (AvgIpc) is 2.72. The molecule has 0 aromatic heterocycles. The Hall–Kier alpha value is -1.54. The van der Waals surface area contributed by atoms with Crippen molar-refractivity contribution in [2.75, 3.05) is 6.54 Å². The Labute approximate surface area is 145 Å². The van der Waals surface area contributed by atoms with E-state index in [1.165, 1.54) is 0 Å². The Morgan fingerprint density at radius 3 is 2.28 bits per heavy atom. The zero-order chi connectivity index (χ0) is 18.6. The summed E-state index contributed by atoms with van der Waals surface area (Å²) < 4.78 is 50.0. The number of carbonyl (C=O) groups is 1. The molecule has 1 aromatic rings. The summed E-state index contributed by atoms with van der Waals surface area (Å²) >= 11 is 0. The highest BCUT2D eigenvalue weighted by atomic mass is 19.4. The minimum atomic E-state index is -4.85. The van der Waals surface area contributed by atoms with E-state index in [4.69, 9.17) is 9.31 Å². The molecule has 1 aromatic carbocycles. The van der Waals surface area contributed by atoms with E-state index in [1.807, 2.05) is 39.8 Å². The molecule has 1 fully saturated rings. The van der Waals surface area contributed by atoms with Gasteiger partial charge in [0.2, 0.25) is 0 Å². The monoisotopic (exact) mass is 355 g/mol. The average molecular weight is 355 g/mol. The molecular weight excluding hydrogens is 334 g/mol. The van der Waals surface area contributed by atoms with E-state index in [-0.39, 0.29) is 13.1 Å². The minimum Gasteiger partial charge on any atom is -0.399 e. The molecule has 3 rings (SSSR count). The van der Waals surface area contributed by atoms with Crippen LogP contribution in [-0.2, 0) is 27.1 Å². The van der Waals surface area contributed by atoms with Crippen molar-refractivity contribution >= 4 is 18.5 Å². The SMILES string of the molecule is CC1(C)OB(c2ccc3c(c2)CN(C(=O)C(F)(F)F)CC3)OC1(C)C. The standard InChI is InChI=1S/C17H21BF3NO3/c1-15(2)16(3,4)25-18(24-15)13-6-5-11-7-8-22(10-12(11)9-13)14(23)17(19,20)21/h5-6,9H,7-8,10H2,1-4H3. The smallest absolute Gasteiger partial charge is 0.399 e. The zero-order valence-corrected chi connectivity index (χ0v) is 14.7. The van der Waals surface area contributed by atoms with Gasteiger partial charge in [-0.1, -0.05) is 18.2 Å². The number of alkyl halides is 3. The molecule has 1 amide bonds. The van der Waals surface area contributed by atoms with Crippen LogP contribution in [0, 0.1) is 0 Å². The molecule has 0 atom stereocenters. The molecule has 1 saturated heterocycles. The summed E-state index contributed by atoms with van der Waals surface area (Å²) in [4.78, 5) is 12.3.